The number of rotatable bonds is 12. The van der Waals surface area contributed by atoms with Gasteiger partial charge in [0.15, 0.2) is 0 Å². The highest BCUT2D eigenvalue weighted by atomic mass is 16.6. The second-order valence-electron chi connectivity index (χ2n) is 3.21. The lowest BCUT2D eigenvalue weighted by molar-refractivity contribution is -0.0789. The molecule has 0 aromatic rings. The Hall–Kier alpha value is -0.280. The normalized spacial score (nSPS) is 14.8. The Balaban J connectivity index is 3.77. The van der Waals surface area contributed by atoms with E-state index in [4.69, 9.17) is 29.2 Å². The topological polar surface area (TPSA) is 89.4 Å². The molecule has 0 aliphatic rings. The number of hydrogen-bond donors (Lipinski definition) is 3. The van der Waals surface area contributed by atoms with Gasteiger partial charge in [-0.05, 0) is 0 Å². The van der Waals surface area contributed by atoms with Gasteiger partial charge in [0.25, 0.3) is 0 Å². The van der Waals surface area contributed by atoms with Gasteiger partial charge >= 0.3 is 0 Å². The summed E-state index contributed by atoms with van der Waals surface area (Å²) >= 11 is 0. The van der Waals surface area contributed by atoms with Crippen LogP contribution in [0.1, 0.15) is 0 Å². The minimum absolute atomic E-state index is 0.0241. The van der Waals surface area contributed by atoms with Gasteiger partial charge in [-0.1, -0.05) is 0 Å². The van der Waals surface area contributed by atoms with E-state index in [2.05, 4.69) is 5.32 Å². The lowest BCUT2D eigenvalue weighted by Gasteiger charge is -2.23. The van der Waals surface area contributed by atoms with Crippen molar-refractivity contribution in [2.45, 2.75) is 12.5 Å². The second-order valence-corrected chi connectivity index (χ2v) is 3.21. The smallest absolute Gasteiger partial charge is 0.133 e. The number of ether oxygens (including phenoxy) is 4. The number of hydrogen-bond acceptors (Lipinski definition) is 7. The maximum atomic E-state index is 8.57. The van der Waals surface area contributed by atoms with E-state index in [0.717, 1.165) is 0 Å². The van der Waals surface area contributed by atoms with Crippen LogP contribution in [-0.4, -0.2) is 76.5 Å². The molecule has 2 atom stereocenters. The molecule has 0 aromatic heterocycles. The summed E-state index contributed by atoms with van der Waals surface area (Å²) in [6.07, 6.45) is -0.687. The molecule has 0 aliphatic carbocycles. The Morgan fingerprint density at radius 3 is 1.59 bits per heavy atom. The molecule has 0 spiro atoms. The molecule has 0 aliphatic heterocycles. The van der Waals surface area contributed by atoms with E-state index in [-0.39, 0.29) is 38.9 Å². The average molecular weight is 253 g/mol. The number of aliphatic hydroxyl groups excluding tert-OH is 2. The fraction of sp³-hybridized carbons (Fsp3) is 1.00. The summed E-state index contributed by atoms with van der Waals surface area (Å²) in [4.78, 5) is 0. The number of aliphatic hydroxyl groups is 2. The zero-order chi connectivity index (χ0) is 12.9. The maximum Gasteiger partial charge on any atom is 0.133 e. The molecule has 0 rings (SSSR count). The largest absolute Gasteiger partial charge is 0.394 e. The molecule has 7 heteroatoms. The Labute approximate surface area is 102 Å². The van der Waals surface area contributed by atoms with Gasteiger partial charge in [0.2, 0.25) is 0 Å². The summed E-state index contributed by atoms with van der Waals surface area (Å²) in [7, 11) is 3.09. The van der Waals surface area contributed by atoms with E-state index in [0.29, 0.717) is 13.2 Å². The molecule has 0 aromatic carbocycles. The number of nitrogens with one attached hydrogen (secondary N) is 1. The molecule has 0 saturated carbocycles. The van der Waals surface area contributed by atoms with Crippen LogP contribution >= 0.6 is 0 Å². The van der Waals surface area contributed by atoms with E-state index >= 15 is 0 Å². The van der Waals surface area contributed by atoms with E-state index in [9.17, 15) is 0 Å². The highest BCUT2D eigenvalue weighted by Gasteiger charge is 2.14. The van der Waals surface area contributed by atoms with Crippen molar-refractivity contribution in [1.29, 1.82) is 0 Å². The Morgan fingerprint density at radius 2 is 1.29 bits per heavy atom. The SMILES string of the molecule is COC(COCCO)NC(COCCO)OC. The zero-order valence-electron chi connectivity index (χ0n) is 10.4. The van der Waals surface area contributed by atoms with Gasteiger partial charge in [0.05, 0.1) is 39.6 Å². The lowest BCUT2D eigenvalue weighted by Crippen LogP contribution is -2.45. The Kier molecular flexibility index (Phi) is 12.0. The molecule has 17 heavy (non-hydrogen) atoms. The van der Waals surface area contributed by atoms with Gasteiger partial charge < -0.3 is 29.2 Å². The van der Waals surface area contributed by atoms with Gasteiger partial charge in [-0.15, -0.1) is 0 Å². The van der Waals surface area contributed by atoms with Crippen molar-refractivity contribution in [3.63, 3.8) is 0 Å². The fourth-order valence-electron chi connectivity index (χ4n) is 1.09. The third-order valence-electron chi connectivity index (χ3n) is 1.95. The standard InChI is InChI=1S/C10H23NO6/c1-14-9(7-16-5-3-12)11-10(15-2)8-17-6-4-13/h9-13H,3-8H2,1-2H3. The van der Waals surface area contributed by atoms with Crippen LogP contribution in [0.3, 0.4) is 0 Å². The minimum Gasteiger partial charge on any atom is -0.394 e. The van der Waals surface area contributed by atoms with Crippen molar-refractivity contribution >= 4 is 0 Å². The van der Waals surface area contributed by atoms with Crippen LogP contribution in [-0.2, 0) is 18.9 Å². The first kappa shape index (κ1) is 16.7. The first-order valence-corrected chi connectivity index (χ1v) is 5.47. The van der Waals surface area contributed by atoms with Gasteiger partial charge in [-0.2, -0.15) is 0 Å². The highest BCUT2D eigenvalue weighted by molar-refractivity contribution is 4.59. The van der Waals surface area contributed by atoms with E-state index in [1.54, 1.807) is 14.2 Å². The summed E-state index contributed by atoms with van der Waals surface area (Å²) in [6.45, 7) is 1.09. The fourth-order valence-corrected chi connectivity index (χ4v) is 1.09. The second kappa shape index (κ2) is 12.2. The predicted molar refractivity (Wildman–Crippen MR) is 60.5 cm³/mol. The van der Waals surface area contributed by atoms with Gasteiger partial charge in [0, 0.05) is 14.2 Å². The summed E-state index contributed by atoms with van der Waals surface area (Å²) in [5.74, 6) is 0. The van der Waals surface area contributed by atoms with Crippen molar-refractivity contribution < 1.29 is 29.2 Å². The molecule has 0 bridgehead atoms. The molecule has 7 nitrogen and oxygen atoms in total. The highest BCUT2D eigenvalue weighted by Crippen LogP contribution is 1.94. The molecule has 3 N–H and O–H groups in total. The Bertz CT molecular complexity index is 144. The van der Waals surface area contributed by atoms with Crippen molar-refractivity contribution in [2.75, 3.05) is 53.9 Å². The predicted octanol–water partition coefficient (Wildman–Crippen LogP) is -1.46. The van der Waals surface area contributed by atoms with E-state index in [1.165, 1.54) is 0 Å². The molecule has 0 saturated heterocycles. The molecule has 2 unspecified atom stereocenters. The monoisotopic (exact) mass is 253 g/mol. The van der Waals surface area contributed by atoms with Crippen LogP contribution in [0.15, 0.2) is 0 Å². The van der Waals surface area contributed by atoms with Crippen molar-refractivity contribution in [3.8, 4) is 0 Å². The first-order chi connectivity index (χ1) is 8.28. The summed E-state index contributed by atoms with van der Waals surface area (Å²) < 4.78 is 20.5. The molecular weight excluding hydrogens is 230 g/mol. The van der Waals surface area contributed by atoms with Crippen LogP contribution in [0.25, 0.3) is 0 Å². The molecule has 0 amide bonds. The molecular formula is C10H23NO6. The molecule has 0 fully saturated rings. The number of methoxy groups -OCH3 is 2. The summed E-state index contributed by atoms with van der Waals surface area (Å²) in [5.41, 5.74) is 0. The zero-order valence-corrected chi connectivity index (χ0v) is 10.4. The third-order valence-corrected chi connectivity index (χ3v) is 1.95. The Morgan fingerprint density at radius 1 is 0.882 bits per heavy atom. The van der Waals surface area contributed by atoms with Crippen LogP contribution < -0.4 is 5.32 Å². The maximum absolute atomic E-state index is 8.57. The van der Waals surface area contributed by atoms with Gasteiger partial charge in [-0.3, -0.25) is 5.32 Å². The van der Waals surface area contributed by atoms with Crippen LogP contribution in [0.2, 0.25) is 0 Å². The quantitative estimate of drug-likeness (QED) is 0.289. The summed E-state index contributed by atoms with van der Waals surface area (Å²) in [5, 5.41) is 20.2. The van der Waals surface area contributed by atoms with Crippen molar-refractivity contribution in [2.24, 2.45) is 0 Å². The molecule has 0 heterocycles. The third kappa shape index (κ3) is 9.42. The molecule has 104 valence electrons. The lowest BCUT2D eigenvalue weighted by atomic mass is 10.5. The molecule has 0 radical (unpaired) electrons. The van der Waals surface area contributed by atoms with Crippen molar-refractivity contribution in [3.05, 3.63) is 0 Å². The van der Waals surface area contributed by atoms with Crippen LogP contribution in [0.4, 0.5) is 0 Å². The van der Waals surface area contributed by atoms with E-state index in [1.807, 2.05) is 0 Å². The van der Waals surface area contributed by atoms with Crippen LogP contribution in [0.5, 0.6) is 0 Å². The average Bonchev–Trinajstić information content (AvgIpc) is 2.36. The van der Waals surface area contributed by atoms with Crippen molar-refractivity contribution in [1.82, 2.24) is 5.32 Å². The minimum atomic E-state index is -0.343. The van der Waals surface area contributed by atoms with Gasteiger partial charge in [-0.25, -0.2) is 0 Å². The van der Waals surface area contributed by atoms with Crippen LogP contribution in [0, 0.1) is 0 Å². The van der Waals surface area contributed by atoms with E-state index < -0.39 is 0 Å². The van der Waals surface area contributed by atoms with Gasteiger partial charge in [0.1, 0.15) is 12.5 Å². The summed E-state index contributed by atoms with van der Waals surface area (Å²) in [6, 6.07) is 0. The first-order valence-electron chi connectivity index (χ1n) is 5.47.